The molecule has 4 fully saturated rings. The Morgan fingerprint density at radius 1 is 0.425 bits per heavy atom. The summed E-state index contributed by atoms with van der Waals surface area (Å²) in [6.45, 7) is 16.9. The van der Waals surface area contributed by atoms with E-state index in [1.807, 2.05) is 0 Å². The van der Waals surface area contributed by atoms with E-state index in [4.69, 9.17) is 0 Å². The molecule has 12 aromatic rings. The van der Waals surface area contributed by atoms with Gasteiger partial charge in [0, 0.05) is 104 Å². The fourth-order valence-corrected chi connectivity index (χ4v) is 22.7. The lowest BCUT2D eigenvalue weighted by molar-refractivity contribution is -0.00274. The summed E-state index contributed by atoms with van der Waals surface area (Å²) < 4.78 is 0. The highest BCUT2D eigenvalue weighted by atomic mass is 15.2. The molecular formula is C109H102N4. The van der Waals surface area contributed by atoms with Crippen LogP contribution in [0.5, 0.6) is 0 Å². The lowest BCUT2D eigenvalue weighted by Gasteiger charge is -2.55. The standard InChI is InChI=1S/C109H102N4/c1-8-35-88(9-2)110(7)92-68-87(69-95(70-92)113(90-49-29-16-30-50-90)108-98(80-40-21-12-22-41-80)54-33-55-99(108)81-42-23-13-24-43-81)106-83-46-31-51-91(65-83)111(102-59-73(4)103-72(3)58-101(74(5)104(103)75(102)6)109(106)57-34-56-100(109)82-44-25-14-26-45-82)93-66-86(105-84-61-76-60-77(63-84)64-85(105)62-76)67-94(71-93)112(89-47-27-15-28-48-89)107-96(78-36-17-10-18-37-78)52-32-53-97(107)79-38-19-11-20-39-79/h8,10-34,36-59,65-77,84-85,88,105-106H,1,9,35,60-64H2,2-7H3. The molecule has 7 atom stereocenters. The summed E-state index contributed by atoms with van der Waals surface area (Å²) in [6.07, 6.45) is 23.6. The van der Waals surface area contributed by atoms with Crippen LogP contribution in [0, 0.1) is 52.8 Å². The van der Waals surface area contributed by atoms with Crippen LogP contribution in [0.25, 0.3) is 50.1 Å². The molecule has 1 spiro atoms. The summed E-state index contributed by atoms with van der Waals surface area (Å²) in [5.41, 5.74) is 31.5. The zero-order valence-electron chi connectivity index (χ0n) is 66.2. The van der Waals surface area contributed by atoms with Crippen LogP contribution in [0.3, 0.4) is 0 Å². The van der Waals surface area contributed by atoms with Crippen molar-refractivity contribution >= 4 is 56.8 Å². The summed E-state index contributed by atoms with van der Waals surface area (Å²) in [7, 11) is 2.34. The van der Waals surface area contributed by atoms with Gasteiger partial charge in [0.05, 0.1) is 11.4 Å². The fourth-order valence-electron chi connectivity index (χ4n) is 22.7. The first kappa shape index (κ1) is 71.6. The molecule has 4 saturated carbocycles. The van der Waals surface area contributed by atoms with Crippen LogP contribution < -0.4 is 19.6 Å². The minimum atomic E-state index is -0.703. The molecule has 7 unspecified atom stereocenters. The number of allylic oxidation sites excluding steroid dienone is 9. The topological polar surface area (TPSA) is 13.0 Å². The van der Waals surface area contributed by atoms with E-state index < -0.39 is 5.41 Å². The quantitative estimate of drug-likeness (QED) is 0.0748. The Morgan fingerprint density at radius 3 is 1.38 bits per heavy atom. The van der Waals surface area contributed by atoms with Gasteiger partial charge in [0.15, 0.2) is 0 Å². The molecule has 4 heteroatoms. The van der Waals surface area contributed by atoms with Crippen LogP contribution in [-0.2, 0) is 0 Å². The number of hydrogen-bond donors (Lipinski definition) is 0. The number of fused-ring (bicyclic) bond motifs is 5. The lowest BCUT2D eigenvalue weighted by Crippen LogP contribution is -2.43. The van der Waals surface area contributed by atoms with Gasteiger partial charge in [-0.15, -0.1) is 6.58 Å². The molecule has 12 aromatic carbocycles. The first-order chi connectivity index (χ1) is 55.5. The van der Waals surface area contributed by atoms with Crippen molar-refractivity contribution in [3.63, 3.8) is 0 Å². The molecule has 0 saturated heterocycles. The van der Waals surface area contributed by atoms with Crippen LogP contribution >= 0.6 is 0 Å². The predicted molar refractivity (Wildman–Crippen MR) is 477 cm³/mol. The Morgan fingerprint density at radius 2 is 0.876 bits per heavy atom. The van der Waals surface area contributed by atoms with Crippen molar-refractivity contribution < 1.29 is 0 Å². The number of para-hydroxylation sites is 4. The van der Waals surface area contributed by atoms with E-state index in [1.165, 1.54) is 116 Å². The maximum atomic E-state index is 4.40. The summed E-state index contributed by atoms with van der Waals surface area (Å²) in [6, 6.07) is 118. The average molecular weight is 1470 g/mol. The molecule has 0 radical (unpaired) electrons. The Hall–Kier alpha value is -11.7. The van der Waals surface area contributed by atoms with Crippen molar-refractivity contribution in [3.05, 3.63) is 397 Å². The first-order valence-electron chi connectivity index (χ1n) is 41.9. The molecule has 113 heavy (non-hydrogen) atoms. The van der Waals surface area contributed by atoms with Crippen molar-refractivity contribution in [2.45, 2.75) is 97.4 Å². The van der Waals surface area contributed by atoms with Crippen LogP contribution in [0.15, 0.2) is 375 Å². The van der Waals surface area contributed by atoms with E-state index in [1.54, 1.807) is 11.1 Å². The van der Waals surface area contributed by atoms with Gasteiger partial charge in [-0.05, 0) is 209 Å². The van der Waals surface area contributed by atoms with Crippen molar-refractivity contribution in [2.75, 3.05) is 26.6 Å². The van der Waals surface area contributed by atoms with Gasteiger partial charge < -0.3 is 19.6 Å². The molecule has 7 aliphatic carbocycles. The van der Waals surface area contributed by atoms with Crippen LogP contribution in [0.4, 0.5) is 51.2 Å². The van der Waals surface area contributed by atoms with Crippen LogP contribution in [0.1, 0.15) is 114 Å². The number of benzene rings is 12. The van der Waals surface area contributed by atoms with E-state index >= 15 is 0 Å². The zero-order valence-corrected chi connectivity index (χ0v) is 66.2. The molecule has 4 nitrogen and oxygen atoms in total. The van der Waals surface area contributed by atoms with Gasteiger partial charge in [-0.2, -0.15) is 0 Å². The number of hydrogen-bond acceptors (Lipinski definition) is 4. The van der Waals surface area contributed by atoms with Gasteiger partial charge in [0.25, 0.3) is 0 Å². The van der Waals surface area contributed by atoms with E-state index in [2.05, 4.69) is 414 Å². The highest BCUT2D eigenvalue weighted by Crippen LogP contribution is 2.66. The van der Waals surface area contributed by atoms with Gasteiger partial charge in [-0.25, -0.2) is 0 Å². The zero-order chi connectivity index (χ0) is 76.4. The monoisotopic (exact) mass is 1470 g/mol. The second-order valence-electron chi connectivity index (χ2n) is 33.6. The highest BCUT2D eigenvalue weighted by Gasteiger charge is 2.53. The highest BCUT2D eigenvalue weighted by molar-refractivity contribution is 6.00. The van der Waals surface area contributed by atoms with Crippen LogP contribution in [-0.4, -0.2) is 13.1 Å². The van der Waals surface area contributed by atoms with E-state index in [0.29, 0.717) is 17.8 Å². The molecule has 9 bridgehead atoms. The molecule has 8 aliphatic rings. The number of anilines is 9. The largest absolute Gasteiger partial charge is 0.371 e. The Balaban J connectivity index is 0.911. The molecular weight excluding hydrogens is 1370 g/mol. The summed E-state index contributed by atoms with van der Waals surface area (Å²) in [5, 5.41) is 0. The van der Waals surface area contributed by atoms with Gasteiger partial charge in [-0.1, -0.05) is 324 Å². The van der Waals surface area contributed by atoms with Crippen molar-refractivity contribution in [3.8, 4) is 44.5 Å². The molecule has 0 N–H and O–H groups in total. The normalized spacial score (nSPS) is 23.3. The third kappa shape index (κ3) is 12.7. The Bertz CT molecular complexity index is 5530. The number of nitrogens with zero attached hydrogens (tertiary/aromatic N) is 4. The third-order valence-electron chi connectivity index (χ3n) is 27.1. The van der Waals surface area contributed by atoms with Crippen molar-refractivity contribution in [1.29, 1.82) is 0 Å². The molecule has 558 valence electrons. The van der Waals surface area contributed by atoms with Crippen molar-refractivity contribution in [1.82, 2.24) is 0 Å². The summed E-state index contributed by atoms with van der Waals surface area (Å²) in [4.78, 5) is 10.6. The molecule has 20 rings (SSSR count). The van der Waals surface area contributed by atoms with E-state index in [0.717, 1.165) is 75.4 Å². The number of rotatable bonds is 19. The third-order valence-corrected chi connectivity index (χ3v) is 27.1. The summed E-state index contributed by atoms with van der Waals surface area (Å²) >= 11 is 0. The van der Waals surface area contributed by atoms with E-state index in [-0.39, 0.29) is 35.6 Å². The predicted octanol–water partition coefficient (Wildman–Crippen LogP) is 29.2. The SMILES string of the molecule is C=CCC(CC)N(C)c1cc(C2c3cccc(c3)N(c3cc(C4C5CC6CC(C5)CC4C6)cc(N(c4ccccc4)c4c(-c5ccccc5)cccc4-c4ccccc4)c3)C3=CC(C)C4=C(C3C)C(C)C(=CC4C)C23C=CC=C3c2ccccc2)cc(N(c2ccccc2)c2c(-c3ccccc3)cccc2-c2ccccc2)c1. The average Bonchev–Trinajstić information content (AvgIpc) is 1.62. The van der Waals surface area contributed by atoms with Gasteiger partial charge in [0.2, 0.25) is 0 Å². The lowest BCUT2D eigenvalue weighted by atomic mass is 9.50. The minimum absolute atomic E-state index is 0.0403. The molecule has 0 amide bonds. The maximum absolute atomic E-state index is 4.40. The Kier molecular flexibility index (Phi) is 19.1. The first-order valence-corrected chi connectivity index (χ1v) is 41.9. The maximum Gasteiger partial charge on any atom is 0.0618 e. The minimum Gasteiger partial charge on any atom is -0.371 e. The van der Waals surface area contributed by atoms with Gasteiger partial charge >= 0.3 is 0 Å². The summed E-state index contributed by atoms with van der Waals surface area (Å²) in [5.74, 6) is 3.47. The van der Waals surface area contributed by atoms with Crippen molar-refractivity contribution in [2.24, 2.45) is 52.8 Å². The molecule has 0 aromatic heterocycles. The smallest absolute Gasteiger partial charge is 0.0618 e. The van der Waals surface area contributed by atoms with Gasteiger partial charge in [-0.3, -0.25) is 0 Å². The van der Waals surface area contributed by atoms with E-state index in [9.17, 15) is 0 Å². The second-order valence-corrected chi connectivity index (χ2v) is 33.6. The fraction of sp³-hybridized carbons (Fsp3) is 0.229. The molecule has 1 heterocycles. The Labute approximate surface area is 670 Å². The second kappa shape index (κ2) is 30.1. The molecule has 1 aliphatic heterocycles. The van der Waals surface area contributed by atoms with Crippen LogP contribution in [0.2, 0.25) is 0 Å². The van der Waals surface area contributed by atoms with Gasteiger partial charge in [0.1, 0.15) is 0 Å².